The van der Waals surface area contributed by atoms with Crippen LogP contribution in [0.25, 0.3) is 0 Å². The summed E-state index contributed by atoms with van der Waals surface area (Å²) in [5.74, 6) is 5.15. The van der Waals surface area contributed by atoms with Crippen LogP contribution in [0.3, 0.4) is 0 Å². The Labute approximate surface area is 126 Å². The highest BCUT2D eigenvalue weighted by atomic mass is 16.5. The number of rotatable bonds is 7. The van der Waals surface area contributed by atoms with Gasteiger partial charge < -0.3 is 4.74 Å². The number of carbonyl (C=O) groups excluding carboxylic acids is 1. The van der Waals surface area contributed by atoms with Gasteiger partial charge in [-0.05, 0) is 25.3 Å². The molecule has 0 saturated carbocycles. The van der Waals surface area contributed by atoms with E-state index in [4.69, 9.17) is 10.00 Å². The molecule has 0 bridgehead atoms. The number of hydrogen-bond acceptors (Lipinski definition) is 3. The van der Waals surface area contributed by atoms with Crippen molar-refractivity contribution in [1.82, 2.24) is 0 Å². The highest BCUT2D eigenvalue weighted by Crippen LogP contribution is 2.09. The lowest BCUT2D eigenvalue weighted by Crippen LogP contribution is -2.09. The fourth-order valence-corrected chi connectivity index (χ4v) is 1.78. The zero-order valence-electron chi connectivity index (χ0n) is 12.3. The molecule has 0 spiro atoms. The van der Waals surface area contributed by atoms with Gasteiger partial charge in [0.05, 0.1) is 12.5 Å². The normalized spacial score (nSPS) is 10.2. The van der Waals surface area contributed by atoms with E-state index in [2.05, 4.69) is 11.8 Å². The van der Waals surface area contributed by atoms with Gasteiger partial charge in [-0.25, -0.2) is 4.79 Å². The summed E-state index contributed by atoms with van der Waals surface area (Å²) in [7, 11) is 0. The molecule has 0 aliphatic rings. The van der Waals surface area contributed by atoms with Crippen LogP contribution in [0.15, 0.2) is 42.0 Å². The molecule has 3 heteroatoms. The van der Waals surface area contributed by atoms with E-state index >= 15 is 0 Å². The first-order valence-corrected chi connectivity index (χ1v) is 6.94. The molecule has 0 atom stereocenters. The molecular weight excluding hydrogens is 262 g/mol. The summed E-state index contributed by atoms with van der Waals surface area (Å²) in [6.07, 6.45) is 3.94. The van der Waals surface area contributed by atoms with Crippen LogP contribution in [0.2, 0.25) is 0 Å². The maximum absolute atomic E-state index is 11.8. The molecule has 0 fully saturated rings. The van der Waals surface area contributed by atoms with Crippen molar-refractivity contribution < 1.29 is 9.53 Å². The average molecular weight is 281 g/mol. The van der Waals surface area contributed by atoms with E-state index < -0.39 is 5.97 Å². The first-order valence-electron chi connectivity index (χ1n) is 6.94. The Morgan fingerprint density at radius 2 is 2.10 bits per heavy atom. The lowest BCUT2D eigenvalue weighted by Gasteiger charge is -2.04. The Balaban J connectivity index is 2.50. The van der Waals surface area contributed by atoms with Crippen LogP contribution in [0.4, 0.5) is 0 Å². The van der Waals surface area contributed by atoms with Crippen LogP contribution in [-0.4, -0.2) is 12.6 Å². The fourth-order valence-electron chi connectivity index (χ4n) is 1.78. The Bertz CT molecular complexity index is 571. The predicted molar refractivity (Wildman–Crippen MR) is 82.1 cm³/mol. The summed E-state index contributed by atoms with van der Waals surface area (Å²) in [6.45, 7) is 2.01. The molecule has 0 saturated heterocycles. The number of carbonyl (C=O) groups is 1. The SMILES string of the molecule is CC#CCCOC(=O)/C(=C/CCc1ccccc1)CC#N. The molecule has 0 aliphatic heterocycles. The molecule has 1 aromatic rings. The van der Waals surface area contributed by atoms with Crippen LogP contribution in [0.1, 0.15) is 31.7 Å². The van der Waals surface area contributed by atoms with Gasteiger partial charge in [0.15, 0.2) is 0 Å². The van der Waals surface area contributed by atoms with E-state index in [9.17, 15) is 4.79 Å². The largest absolute Gasteiger partial charge is 0.461 e. The third-order valence-corrected chi connectivity index (χ3v) is 2.84. The van der Waals surface area contributed by atoms with E-state index in [-0.39, 0.29) is 13.0 Å². The van der Waals surface area contributed by atoms with Gasteiger partial charge in [0.1, 0.15) is 6.61 Å². The van der Waals surface area contributed by atoms with Gasteiger partial charge in [-0.15, -0.1) is 11.8 Å². The lowest BCUT2D eigenvalue weighted by atomic mass is 10.1. The Morgan fingerprint density at radius 3 is 2.76 bits per heavy atom. The standard InChI is InChI=1S/C18H19NO2/c1-2-3-7-15-21-18(20)17(13-14-19)12-8-11-16-9-5-4-6-10-16/h4-6,9-10,12H,7-8,11,13,15H2,1H3/b17-12+. The molecule has 108 valence electrons. The second-order valence-electron chi connectivity index (χ2n) is 4.40. The second-order valence-corrected chi connectivity index (χ2v) is 4.40. The van der Waals surface area contributed by atoms with Crippen molar-refractivity contribution in [3.8, 4) is 17.9 Å². The van der Waals surface area contributed by atoms with E-state index in [1.807, 2.05) is 36.4 Å². The number of aryl methyl sites for hydroxylation is 1. The first kappa shape index (κ1) is 16.5. The molecule has 1 rings (SSSR count). The van der Waals surface area contributed by atoms with E-state index in [0.29, 0.717) is 18.4 Å². The molecule has 0 radical (unpaired) electrons. The van der Waals surface area contributed by atoms with Crippen LogP contribution >= 0.6 is 0 Å². The summed E-state index contributed by atoms with van der Waals surface area (Å²) in [6, 6.07) is 12.0. The van der Waals surface area contributed by atoms with Gasteiger partial charge in [0.25, 0.3) is 0 Å². The van der Waals surface area contributed by atoms with E-state index in [0.717, 1.165) is 6.42 Å². The second kappa shape index (κ2) is 10.3. The van der Waals surface area contributed by atoms with E-state index in [1.165, 1.54) is 5.56 Å². The first-order chi connectivity index (χ1) is 10.3. The number of hydrogen-bond donors (Lipinski definition) is 0. The lowest BCUT2D eigenvalue weighted by molar-refractivity contribution is -0.138. The van der Waals surface area contributed by atoms with Crippen LogP contribution < -0.4 is 0 Å². The number of allylic oxidation sites excluding steroid dienone is 1. The zero-order chi connectivity index (χ0) is 15.3. The fraction of sp³-hybridized carbons (Fsp3) is 0.333. The molecule has 0 amide bonds. The van der Waals surface area contributed by atoms with Crippen molar-refractivity contribution in [2.45, 2.75) is 32.6 Å². The summed E-state index contributed by atoms with van der Waals surface area (Å²) >= 11 is 0. The van der Waals surface area contributed by atoms with Gasteiger partial charge in [0, 0.05) is 12.0 Å². The Morgan fingerprint density at radius 1 is 1.33 bits per heavy atom. The summed E-state index contributed by atoms with van der Waals surface area (Å²) in [4.78, 5) is 11.8. The molecule has 0 aromatic heterocycles. The molecule has 3 nitrogen and oxygen atoms in total. The Hall–Kier alpha value is -2.52. The minimum atomic E-state index is -0.414. The Kier molecular flexibility index (Phi) is 8.10. The van der Waals surface area contributed by atoms with Crippen LogP contribution in [0, 0.1) is 23.2 Å². The monoisotopic (exact) mass is 281 g/mol. The van der Waals surface area contributed by atoms with E-state index in [1.54, 1.807) is 13.0 Å². The van der Waals surface area contributed by atoms with Crippen molar-refractivity contribution in [2.24, 2.45) is 0 Å². The van der Waals surface area contributed by atoms with Crippen molar-refractivity contribution in [3.05, 3.63) is 47.5 Å². The van der Waals surface area contributed by atoms with Crippen molar-refractivity contribution >= 4 is 5.97 Å². The van der Waals surface area contributed by atoms with Crippen molar-refractivity contribution in [2.75, 3.05) is 6.61 Å². The van der Waals surface area contributed by atoms with Crippen LogP contribution in [0.5, 0.6) is 0 Å². The smallest absolute Gasteiger partial charge is 0.334 e. The molecule has 0 N–H and O–H groups in total. The number of nitrogens with zero attached hydrogens (tertiary/aromatic N) is 1. The molecule has 1 aromatic carbocycles. The number of nitriles is 1. The quantitative estimate of drug-likeness (QED) is 0.333. The molecule has 0 heterocycles. The van der Waals surface area contributed by atoms with Gasteiger partial charge in [0.2, 0.25) is 0 Å². The summed E-state index contributed by atoms with van der Waals surface area (Å²) in [5, 5.41) is 8.79. The topological polar surface area (TPSA) is 50.1 Å². The number of esters is 1. The number of benzene rings is 1. The molecule has 0 aliphatic carbocycles. The minimum absolute atomic E-state index is 0.0765. The highest BCUT2D eigenvalue weighted by Gasteiger charge is 2.09. The zero-order valence-corrected chi connectivity index (χ0v) is 12.3. The van der Waals surface area contributed by atoms with Crippen LogP contribution in [-0.2, 0) is 16.0 Å². The van der Waals surface area contributed by atoms with Gasteiger partial charge in [-0.3, -0.25) is 0 Å². The summed E-state index contributed by atoms with van der Waals surface area (Å²) < 4.78 is 5.10. The molecular formula is C18H19NO2. The predicted octanol–water partition coefficient (Wildman–Crippen LogP) is 3.42. The van der Waals surface area contributed by atoms with Crippen molar-refractivity contribution in [3.63, 3.8) is 0 Å². The molecule has 21 heavy (non-hydrogen) atoms. The maximum atomic E-state index is 11.8. The maximum Gasteiger partial charge on any atom is 0.334 e. The number of ether oxygens (including phenoxy) is 1. The average Bonchev–Trinajstić information content (AvgIpc) is 2.51. The third kappa shape index (κ3) is 6.99. The minimum Gasteiger partial charge on any atom is -0.461 e. The van der Waals surface area contributed by atoms with Gasteiger partial charge in [-0.2, -0.15) is 5.26 Å². The molecule has 0 unspecified atom stereocenters. The van der Waals surface area contributed by atoms with Crippen molar-refractivity contribution in [1.29, 1.82) is 5.26 Å². The third-order valence-electron chi connectivity index (χ3n) is 2.84. The van der Waals surface area contributed by atoms with Gasteiger partial charge >= 0.3 is 5.97 Å². The van der Waals surface area contributed by atoms with Gasteiger partial charge in [-0.1, -0.05) is 36.4 Å². The highest BCUT2D eigenvalue weighted by molar-refractivity contribution is 5.88. The summed E-state index contributed by atoms with van der Waals surface area (Å²) in [5.41, 5.74) is 1.63.